The van der Waals surface area contributed by atoms with Crippen LogP contribution >= 0.6 is 12.2 Å². The summed E-state index contributed by atoms with van der Waals surface area (Å²) in [5.41, 5.74) is 7.79. The Morgan fingerprint density at radius 2 is 1.49 bits per heavy atom. The molecular weight excluding hydrogens is 526 g/mol. The molecule has 4 saturated carbocycles. The Hall–Kier alpha value is -3.51. The first-order chi connectivity index (χ1) is 19.7. The van der Waals surface area contributed by atoms with Crippen LogP contribution in [0.15, 0.2) is 60.2 Å². The van der Waals surface area contributed by atoms with E-state index in [1.54, 1.807) is 6.08 Å². The summed E-state index contributed by atoms with van der Waals surface area (Å²) in [6.07, 6.45) is 11.0. The lowest BCUT2D eigenvalue weighted by molar-refractivity contribution is -0.122. The SMILES string of the molecule is CCc1ccc(N2C(=O)/C(=C/c3cc(C)n(-c4ccc(C56CC7CC(CC(C7)C5)C6)cc4)c3C)C(=O)NC2=S)cc1. The summed E-state index contributed by atoms with van der Waals surface area (Å²) in [6.45, 7) is 6.20. The van der Waals surface area contributed by atoms with Crippen molar-refractivity contribution >= 4 is 40.9 Å². The molecule has 4 aliphatic carbocycles. The largest absolute Gasteiger partial charge is 0.318 e. The van der Waals surface area contributed by atoms with E-state index < -0.39 is 11.8 Å². The van der Waals surface area contributed by atoms with E-state index in [0.717, 1.165) is 46.8 Å². The van der Waals surface area contributed by atoms with Gasteiger partial charge in [0.1, 0.15) is 5.57 Å². The number of carbonyl (C=O) groups is 2. The first-order valence-corrected chi connectivity index (χ1v) is 15.5. The fourth-order valence-corrected chi connectivity index (χ4v) is 8.97. The van der Waals surface area contributed by atoms with Gasteiger partial charge in [-0.2, -0.15) is 0 Å². The van der Waals surface area contributed by atoms with Gasteiger partial charge in [-0.25, -0.2) is 0 Å². The molecule has 1 aromatic heterocycles. The standard InChI is InChI=1S/C35H37N3O2S/c1-4-23-5-9-30(10-6-23)38-33(40)31(32(39)36-34(38)41)17-27-13-21(2)37(22(27)3)29-11-7-28(8-12-29)35-18-24-14-25(19-35)16-26(15-24)20-35/h5-13,17,24-26H,4,14-16,18-20H2,1-3H3,(H,36,39,41)/b31-17+. The lowest BCUT2D eigenvalue weighted by atomic mass is 9.48. The second-order valence-electron chi connectivity index (χ2n) is 12.9. The van der Waals surface area contributed by atoms with E-state index >= 15 is 0 Å². The normalized spacial score (nSPS) is 28.1. The molecule has 5 fully saturated rings. The number of anilines is 1. The zero-order valence-electron chi connectivity index (χ0n) is 24.1. The third kappa shape index (κ3) is 4.39. The minimum absolute atomic E-state index is 0.0792. The molecule has 2 aromatic carbocycles. The minimum atomic E-state index is -0.467. The molecule has 3 aromatic rings. The lowest BCUT2D eigenvalue weighted by Crippen LogP contribution is -2.54. The van der Waals surface area contributed by atoms with Gasteiger partial charge in [0.15, 0.2) is 5.11 Å². The number of hydrogen-bond acceptors (Lipinski definition) is 3. The molecule has 0 radical (unpaired) electrons. The zero-order chi connectivity index (χ0) is 28.5. The number of hydrogen-bond donors (Lipinski definition) is 1. The van der Waals surface area contributed by atoms with Crippen molar-refractivity contribution in [2.24, 2.45) is 17.8 Å². The number of rotatable bonds is 5. The van der Waals surface area contributed by atoms with Crippen molar-refractivity contribution in [3.8, 4) is 5.69 Å². The third-order valence-electron chi connectivity index (χ3n) is 10.3. The van der Waals surface area contributed by atoms with Crippen molar-refractivity contribution < 1.29 is 9.59 Å². The van der Waals surface area contributed by atoms with Crippen molar-refractivity contribution in [2.75, 3.05) is 4.90 Å². The molecule has 2 amide bonds. The van der Waals surface area contributed by atoms with E-state index in [1.165, 1.54) is 54.6 Å². The molecule has 5 aliphatic rings. The minimum Gasteiger partial charge on any atom is -0.318 e. The van der Waals surface area contributed by atoms with Gasteiger partial charge in [-0.05, 0) is 147 Å². The van der Waals surface area contributed by atoms with Gasteiger partial charge in [-0.15, -0.1) is 0 Å². The Morgan fingerprint density at radius 1 is 0.902 bits per heavy atom. The summed E-state index contributed by atoms with van der Waals surface area (Å²) in [6, 6.07) is 19.0. The molecule has 2 heterocycles. The third-order valence-corrected chi connectivity index (χ3v) is 10.5. The van der Waals surface area contributed by atoms with Crippen LogP contribution < -0.4 is 10.2 Å². The second kappa shape index (κ2) is 9.80. The van der Waals surface area contributed by atoms with Crippen LogP contribution in [0.1, 0.15) is 73.5 Å². The summed E-state index contributed by atoms with van der Waals surface area (Å²) in [5.74, 6) is 1.89. The average molecular weight is 564 g/mol. The van der Waals surface area contributed by atoms with Gasteiger partial charge in [0.2, 0.25) is 0 Å². The predicted molar refractivity (Wildman–Crippen MR) is 167 cm³/mol. The van der Waals surface area contributed by atoms with E-state index in [1.807, 2.05) is 37.3 Å². The number of nitrogens with zero attached hydrogens (tertiary/aromatic N) is 2. The number of carbonyl (C=O) groups excluding carboxylic acids is 2. The van der Waals surface area contributed by atoms with Gasteiger partial charge in [0.05, 0.1) is 5.69 Å². The smallest absolute Gasteiger partial charge is 0.270 e. The highest BCUT2D eigenvalue weighted by molar-refractivity contribution is 7.80. The van der Waals surface area contributed by atoms with Crippen LogP contribution in [0, 0.1) is 31.6 Å². The average Bonchev–Trinajstić information content (AvgIpc) is 3.22. The number of aryl methyl sites for hydroxylation is 2. The fraction of sp³-hybridized carbons (Fsp3) is 0.400. The Labute approximate surface area is 247 Å². The van der Waals surface area contributed by atoms with Gasteiger partial charge in [-0.3, -0.25) is 19.8 Å². The molecule has 8 rings (SSSR count). The Balaban J connectivity index is 1.18. The quantitative estimate of drug-likeness (QED) is 0.208. The number of thiocarbonyl (C=S) groups is 1. The lowest BCUT2D eigenvalue weighted by Gasteiger charge is -2.57. The number of nitrogens with one attached hydrogen (secondary N) is 1. The van der Waals surface area contributed by atoms with E-state index in [9.17, 15) is 9.59 Å². The zero-order valence-corrected chi connectivity index (χ0v) is 24.9. The number of benzene rings is 2. The van der Waals surface area contributed by atoms with Crippen LogP contribution in [-0.4, -0.2) is 21.5 Å². The van der Waals surface area contributed by atoms with Crippen LogP contribution in [0.2, 0.25) is 0 Å². The summed E-state index contributed by atoms with van der Waals surface area (Å²) in [5, 5.41) is 2.82. The van der Waals surface area contributed by atoms with Crippen molar-refractivity contribution in [1.82, 2.24) is 9.88 Å². The van der Waals surface area contributed by atoms with Crippen LogP contribution in [0.3, 0.4) is 0 Å². The molecule has 5 nitrogen and oxygen atoms in total. The number of aromatic nitrogens is 1. The molecule has 0 unspecified atom stereocenters. The molecule has 1 saturated heterocycles. The van der Waals surface area contributed by atoms with Gasteiger partial charge >= 0.3 is 0 Å². The maximum Gasteiger partial charge on any atom is 0.270 e. The van der Waals surface area contributed by atoms with Crippen LogP contribution in [0.5, 0.6) is 0 Å². The topological polar surface area (TPSA) is 54.3 Å². The molecule has 0 atom stereocenters. The first kappa shape index (κ1) is 26.4. The highest BCUT2D eigenvalue weighted by Gasteiger charge is 2.51. The molecule has 6 heteroatoms. The summed E-state index contributed by atoms with van der Waals surface area (Å²) in [4.78, 5) is 27.9. The summed E-state index contributed by atoms with van der Waals surface area (Å²) >= 11 is 5.39. The Bertz CT molecular complexity index is 1560. The van der Waals surface area contributed by atoms with Crippen LogP contribution in [0.4, 0.5) is 5.69 Å². The monoisotopic (exact) mass is 563 g/mol. The molecule has 1 N–H and O–H groups in total. The molecule has 1 aliphatic heterocycles. The van der Waals surface area contributed by atoms with Crippen molar-refractivity contribution in [3.05, 3.63) is 88.2 Å². The van der Waals surface area contributed by atoms with Crippen molar-refractivity contribution in [2.45, 2.75) is 71.1 Å². The predicted octanol–water partition coefficient (Wildman–Crippen LogP) is 6.96. The van der Waals surface area contributed by atoms with Gasteiger partial charge < -0.3 is 4.57 Å². The van der Waals surface area contributed by atoms with Crippen LogP contribution in [-0.2, 0) is 21.4 Å². The summed E-state index contributed by atoms with van der Waals surface area (Å²) < 4.78 is 2.22. The maximum atomic E-state index is 13.6. The van der Waals surface area contributed by atoms with E-state index in [2.05, 4.69) is 48.0 Å². The van der Waals surface area contributed by atoms with Gasteiger partial charge in [0.25, 0.3) is 11.8 Å². The van der Waals surface area contributed by atoms with Crippen LogP contribution in [0.25, 0.3) is 11.8 Å². The maximum absolute atomic E-state index is 13.6. The molecular formula is C35H37N3O2S. The summed E-state index contributed by atoms with van der Waals surface area (Å²) in [7, 11) is 0. The fourth-order valence-electron chi connectivity index (χ4n) is 8.69. The van der Waals surface area contributed by atoms with E-state index in [4.69, 9.17) is 12.2 Å². The number of amides is 2. The molecule has 41 heavy (non-hydrogen) atoms. The van der Waals surface area contributed by atoms with Crippen molar-refractivity contribution in [3.63, 3.8) is 0 Å². The first-order valence-electron chi connectivity index (χ1n) is 15.0. The van der Waals surface area contributed by atoms with Crippen molar-refractivity contribution in [1.29, 1.82) is 0 Å². The highest BCUT2D eigenvalue weighted by Crippen LogP contribution is 2.60. The second-order valence-corrected chi connectivity index (χ2v) is 13.3. The highest BCUT2D eigenvalue weighted by atomic mass is 32.1. The molecule has 0 spiro atoms. The van der Waals surface area contributed by atoms with Gasteiger partial charge in [0, 0.05) is 17.1 Å². The van der Waals surface area contributed by atoms with Gasteiger partial charge in [-0.1, -0.05) is 31.2 Å². The molecule has 210 valence electrons. The van der Waals surface area contributed by atoms with E-state index in [-0.39, 0.29) is 10.7 Å². The van der Waals surface area contributed by atoms with E-state index in [0.29, 0.717) is 11.1 Å². The Morgan fingerprint density at radius 3 is 2.07 bits per heavy atom. The Kier molecular flexibility index (Phi) is 6.31. The molecule has 4 bridgehead atoms.